The van der Waals surface area contributed by atoms with Gasteiger partial charge in [-0.25, -0.2) is 4.98 Å². The standard InChI is InChI=1S/C23H30N4O4/c28-22(29)16-18-7-10-27(23(30)20-4-3-15-31-20)17-19(18)6-9-25-11-13-26(14-12-25)21-5-1-2-8-24-21/h1-5,8,15,18-19H,6-7,9-14,16-17H2,(H,28,29)/t18-,19-/m0/s1. The van der Waals surface area contributed by atoms with Gasteiger partial charge in [-0.3, -0.25) is 4.79 Å². The van der Waals surface area contributed by atoms with E-state index in [1.54, 1.807) is 12.1 Å². The van der Waals surface area contributed by atoms with Gasteiger partial charge in [0.25, 0.3) is 5.91 Å². The second-order valence-corrected chi connectivity index (χ2v) is 8.58. The highest BCUT2D eigenvalue weighted by Gasteiger charge is 2.33. The molecule has 8 heteroatoms. The van der Waals surface area contributed by atoms with Gasteiger partial charge in [-0.1, -0.05) is 6.07 Å². The zero-order valence-electron chi connectivity index (χ0n) is 17.7. The van der Waals surface area contributed by atoms with Gasteiger partial charge in [0.15, 0.2) is 5.76 Å². The molecule has 0 unspecified atom stereocenters. The summed E-state index contributed by atoms with van der Waals surface area (Å²) < 4.78 is 5.27. The molecule has 0 spiro atoms. The largest absolute Gasteiger partial charge is 0.550 e. The lowest BCUT2D eigenvalue weighted by Gasteiger charge is -2.39. The maximum Gasteiger partial charge on any atom is 0.289 e. The Morgan fingerprint density at radius 1 is 1.13 bits per heavy atom. The molecule has 0 bridgehead atoms. The summed E-state index contributed by atoms with van der Waals surface area (Å²) in [5.74, 6) is 0.463. The molecular weight excluding hydrogens is 396 g/mol. The van der Waals surface area contributed by atoms with Crippen LogP contribution in [-0.2, 0) is 4.79 Å². The van der Waals surface area contributed by atoms with Crippen molar-refractivity contribution >= 4 is 17.7 Å². The molecule has 31 heavy (non-hydrogen) atoms. The van der Waals surface area contributed by atoms with E-state index >= 15 is 0 Å². The normalized spacial score (nSPS) is 22.5. The van der Waals surface area contributed by atoms with E-state index in [0.29, 0.717) is 25.3 Å². The van der Waals surface area contributed by atoms with Crippen LogP contribution in [0.5, 0.6) is 0 Å². The molecule has 166 valence electrons. The van der Waals surface area contributed by atoms with Crippen LogP contribution < -0.4 is 14.9 Å². The van der Waals surface area contributed by atoms with Crippen LogP contribution in [0.2, 0.25) is 0 Å². The van der Waals surface area contributed by atoms with Gasteiger partial charge in [0.1, 0.15) is 5.82 Å². The van der Waals surface area contributed by atoms with E-state index in [4.69, 9.17) is 4.42 Å². The highest BCUT2D eigenvalue weighted by atomic mass is 16.4. The lowest BCUT2D eigenvalue weighted by molar-refractivity contribution is -0.901. The van der Waals surface area contributed by atoms with Gasteiger partial charge < -0.3 is 29.0 Å². The summed E-state index contributed by atoms with van der Waals surface area (Å²) in [7, 11) is 0. The summed E-state index contributed by atoms with van der Waals surface area (Å²) in [4.78, 5) is 34.1. The van der Waals surface area contributed by atoms with Crippen LogP contribution in [0.4, 0.5) is 5.82 Å². The molecule has 2 atom stereocenters. The number of carboxylic acids is 1. The molecule has 2 saturated heterocycles. The van der Waals surface area contributed by atoms with Crippen molar-refractivity contribution in [1.29, 1.82) is 0 Å². The van der Waals surface area contributed by atoms with Crippen molar-refractivity contribution in [1.82, 2.24) is 9.88 Å². The third kappa shape index (κ3) is 5.44. The molecule has 2 aliphatic heterocycles. The monoisotopic (exact) mass is 426 g/mol. The number of piperidine rings is 1. The predicted octanol–water partition coefficient (Wildman–Crippen LogP) is -0.312. The van der Waals surface area contributed by atoms with Crippen LogP contribution in [0.1, 0.15) is 29.8 Å². The molecule has 2 aliphatic rings. The van der Waals surface area contributed by atoms with Crippen molar-refractivity contribution < 1.29 is 24.0 Å². The number of rotatable bonds is 7. The van der Waals surface area contributed by atoms with Gasteiger partial charge >= 0.3 is 0 Å². The van der Waals surface area contributed by atoms with Crippen molar-refractivity contribution in [3.8, 4) is 0 Å². The average Bonchev–Trinajstić information content (AvgIpc) is 3.33. The average molecular weight is 427 g/mol. The summed E-state index contributed by atoms with van der Waals surface area (Å²) in [6.07, 6.45) is 4.98. The Morgan fingerprint density at radius 2 is 1.97 bits per heavy atom. The first kappa shape index (κ1) is 21.4. The number of furan rings is 1. The molecule has 2 aromatic rings. The molecule has 4 rings (SSSR count). The Bertz CT molecular complexity index is 850. The van der Waals surface area contributed by atoms with Crippen molar-refractivity contribution in [2.75, 3.05) is 50.7 Å². The smallest absolute Gasteiger partial charge is 0.289 e. The highest BCUT2D eigenvalue weighted by Crippen LogP contribution is 2.29. The van der Waals surface area contributed by atoms with Crippen LogP contribution in [0.15, 0.2) is 47.2 Å². The SMILES string of the molecule is O=C([O-])C[C@@H]1CCN(C(=O)c2ccco2)C[C@@H]1CC[NH+]1CCN(c2ccccn2)CC1. The molecule has 2 fully saturated rings. The lowest BCUT2D eigenvalue weighted by Crippen LogP contribution is -3.15. The summed E-state index contributed by atoms with van der Waals surface area (Å²) >= 11 is 0. The van der Waals surface area contributed by atoms with Gasteiger partial charge in [0, 0.05) is 31.7 Å². The van der Waals surface area contributed by atoms with Crippen LogP contribution >= 0.6 is 0 Å². The van der Waals surface area contributed by atoms with E-state index in [9.17, 15) is 14.7 Å². The molecule has 0 aliphatic carbocycles. The minimum atomic E-state index is -1.00. The summed E-state index contributed by atoms with van der Waals surface area (Å²) in [5.41, 5.74) is 0. The minimum Gasteiger partial charge on any atom is -0.550 e. The number of likely N-dealkylation sites (tertiary alicyclic amines) is 1. The molecule has 2 aromatic heterocycles. The number of pyridine rings is 1. The lowest BCUT2D eigenvalue weighted by atomic mass is 9.81. The second-order valence-electron chi connectivity index (χ2n) is 8.58. The Kier molecular flexibility index (Phi) is 6.86. The Labute approximate surface area is 182 Å². The van der Waals surface area contributed by atoms with Gasteiger partial charge in [0.2, 0.25) is 0 Å². The van der Waals surface area contributed by atoms with E-state index < -0.39 is 5.97 Å². The fraction of sp³-hybridized carbons (Fsp3) is 0.522. The Morgan fingerprint density at radius 3 is 2.65 bits per heavy atom. The van der Waals surface area contributed by atoms with Crippen LogP contribution in [0, 0.1) is 11.8 Å². The van der Waals surface area contributed by atoms with Gasteiger partial charge in [-0.15, -0.1) is 0 Å². The number of nitrogens with zero attached hydrogens (tertiary/aromatic N) is 3. The predicted molar refractivity (Wildman–Crippen MR) is 112 cm³/mol. The fourth-order valence-corrected chi connectivity index (χ4v) is 4.86. The number of nitrogens with one attached hydrogen (secondary N) is 1. The molecular formula is C23H30N4O4. The molecule has 8 nitrogen and oxygen atoms in total. The molecule has 0 aromatic carbocycles. The molecule has 0 saturated carbocycles. The van der Waals surface area contributed by atoms with E-state index in [1.165, 1.54) is 11.2 Å². The van der Waals surface area contributed by atoms with E-state index in [0.717, 1.165) is 45.0 Å². The number of carboxylic acid groups (broad SMARTS) is 1. The van der Waals surface area contributed by atoms with Gasteiger partial charge in [0.05, 0.1) is 39.0 Å². The number of piperazine rings is 1. The van der Waals surface area contributed by atoms with Crippen LogP contribution in [0.3, 0.4) is 0 Å². The number of quaternary nitrogens is 1. The number of hydrogen-bond acceptors (Lipinski definition) is 6. The molecule has 0 radical (unpaired) electrons. The summed E-state index contributed by atoms with van der Waals surface area (Å²) in [6, 6.07) is 9.37. The number of hydrogen-bond donors (Lipinski definition) is 1. The highest BCUT2D eigenvalue weighted by molar-refractivity contribution is 5.91. The zero-order chi connectivity index (χ0) is 21.6. The molecule has 1 amide bonds. The number of anilines is 1. The Balaban J connectivity index is 1.32. The first-order chi connectivity index (χ1) is 15.1. The molecule has 4 heterocycles. The third-order valence-corrected chi connectivity index (χ3v) is 6.65. The number of amides is 1. The van der Waals surface area contributed by atoms with Gasteiger partial charge in [-0.05, 0) is 48.9 Å². The number of aliphatic carboxylic acids is 1. The maximum absolute atomic E-state index is 12.7. The summed E-state index contributed by atoms with van der Waals surface area (Å²) in [6.45, 7) is 6.10. The van der Waals surface area contributed by atoms with Crippen molar-refractivity contribution in [3.63, 3.8) is 0 Å². The number of carbonyl (C=O) groups is 2. The van der Waals surface area contributed by atoms with Gasteiger partial charge in [-0.2, -0.15) is 0 Å². The van der Waals surface area contributed by atoms with E-state index in [1.807, 2.05) is 29.3 Å². The fourth-order valence-electron chi connectivity index (χ4n) is 4.86. The van der Waals surface area contributed by atoms with Crippen LogP contribution in [0.25, 0.3) is 0 Å². The topological polar surface area (TPSA) is 94.1 Å². The maximum atomic E-state index is 12.7. The second kappa shape index (κ2) is 9.96. The first-order valence-electron chi connectivity index (χ1n) is 11.1. The minimum absolute atomic E-state index is 0.0554. The quantitative estimate of drug-likeness (QED) is 0.653. The number of carbonyl (C=O) groups excluding carboxylic acids is 2. The van der Waals surface area contributed by atoms with Crippen molar-refractivity contribution in [3.05, 3.63) is 48.6 Å². The third-order valence-electron chi connectivity index (χ3n) is 6.65. The molecule has 1 N–H and O–H groups in total. The van der Waals surface area contributed by atoms with Crippen molar-refractivity contribution in [2.24, 2.45) is 11.8 Å². The summed E-state index contributed by atoms with van der Waals surface area (Å²) in [5, 5.41) is 11.3. The zero-order valence-corrected chi connectivity index (χ0v) is 17.7. The first-order valence-corrected chi connectivity index (χ1v) is 11.1. The van der Waals surface area contributed by atoms with Crippen LogP contribution in [-0.4, -0.2) is 67.6 Å². The van der Waals surface area contributed by atoms with E-state index in [2.05, 4.69) is 9.88 Å². The van der Waals surface area contributed by atoms with E-state index in [-0.39, 0.29) is 24.2 Å². The number of aromatic nitrogens is 1. The Hall–Kier alpha value is -2.87. The van der Waals surface area contributed by atoms with Crippen molar-refractivity contribution in [2.45, 2.75) is 19.3 Å².